The van der Waals surface area contributed by atoms with Gasteiger partial charge in [-0.2, -0.15) is 0 Å². The van der Waals surface area contributed by atoms with Crippen LogP contribution in [-0.4, -0.2) is 46.5 Å². The highest BCUT2D eigenvalue weighted by atomic mass is 16.5. The number of aryl methyl sites for hydroxylation is 1. The van der Waals surface area contributed by atoms with Crippen molar-refractivity contribution in [2.75, 3.05) is 0 Å². The molecule has 1 spiro atoms. The molecule has 0 unspecified atom stereocenters. The van der Waals surface area contributed by atoms with Gasteiger partial charge in [-0.25, -0.2) is 0 Å². The van der Waals surface area contributed by atoms with Crippen molar-refractivity contribution in [2.45, 2.75) is 100 Å². The summed E-state index contributed by atoms with van der Waals surface area (Å²) in [6, 6.07) is 8.31. The first-order chi connectivity index (χ1) is 15.6. The summed E-state index contributed by atoms with van der Waals surface area (Å²) in [5.41, 5.74) is 1.52. The standard InChI is InChI=1S/C27H34N2O3/c1-17-11-13-18(14-12-17)22-21-15-16-27(32-21)23(22)26(31)29(20-9-3-2-4-10-20)24(27)25(30)28-19-7-5-6-8-19/h11-16,19-24H,2-10H2,1H3,(H,28,30)/t21-,22-,23+,24-,27-/m1/s1. The molecule has 0 aromatic heterocycles. The zero-order valence-corrected chi connectivity index (χ0v) is 19.0. The van der Waals surface area contributed by atoms with Crippen LogP contribution in [0.15, 0.2) is 36.4 Å². The van der Waals surface area contributed by atoms with E-state index in [0.29, 0.717) is 0 Å². The number of hydrogen-bond acceptors (Lipinski definition) is 3. The first kappa shape index (κ1) is 20.5. The first-order valence-corrected chi connectivity index (χ1v) is 12.6. The lowest BCUT2D eigenvalue weighted by molar-refractivity contribution is -0.143. The molecule has 5 atom stereocenters. The lowest BCUT2D eigenvalue weighted by Crippen LogP contribution is -2.58. The van der Waals surface area contributed by atoms with E-state index in [2.05, 4.69) is 48.7 Å². The van der Waals surface area contributed by atoms with Crippen LogP contribution in [-0.2, 0) is 14.3 Å². The Balaban J connectivity index is 1.39. The van der Waals surface area contributed by atoms with Crippen LogP contribution >= 0.6 is 0 Å². The maximum Gasteiger partial charge on any atom is 0.246 e. The molecule has 2 bridgehead atoms. The van der Waals surface area contributed by atoms with Gasteiger partial charge in [0.15, 0.2) is 0 Å². The summed E-state index contributed by atoms with van der Waals surface area (Å²) in [5, 5.41) is 3.32. The van der Waals surface area contributed by atoms with Crippen LogP contribution in [0.2, 0.25) is 0 Å². The van der Waals surface area contributed by atoms with E-state index in [-0.39, 0.29) is 41.8 Å². The SMILES string of the molecule is Cc1ccc([C@H]2[C@H]3C(=O)N(C4CCCCC4)[C@H](C(=O)NC4CCCC4)[C@@]34C=C[C@H]2O4)cc1. The van der Waals surface area contributed by atoms with Crippen LogP contribution in [0.5, 0.6) is 0 Å². The monoisotopic (exact) mass is 434 g/mol. The fourth-order valence-electron chi connectivity index (χ4n) is 7.18. The van der Waals surface area contributed by atoms with Gasteiger partial charge in [0.25, 0.3) is 0 Å². The summed E-state index contributed by atoms with van der Waals surface area (Å²) in [6.45, 7) is 2.08. The van der Waals surface area contributed by atoms with E-state index >= 15 is 0 Å². The minimum absolute atomic E-state index is 0.00632. The minimum atomic E-state index is -0.836. The second kappa shape index (κ2) is 7.72. The van der Waals surface area contributed by atoms with Crippen molar-refractivity contribution in [3.05, 3.63) is 47.5 Å². The second-order valence-electron chi connectivity index (χ2n) is 10.6. The van der Waals surface area contributed by atoms with E-state index in [1.807, 2.05) is 4.90 Å². The van der Waals surface area contributed by atoms with Gasteiger partial charge in [0.2, 0.25) is 11.8 Å². The lowest BCUT2D eigenvalue weighted by atomic mass is 9.72. The normalized spacial score (nSPS) is 36.8. The number of hydrogen-bond donors (Lipinski definition) is 1. The smallest absolute Gasteiger partial charge is 0.246 e. The Morgan fingerprint density at radius 1 is 1.03 bits per heavy atom. The molecule has 5 nitrogen and oxygen atoms in total. The topological polar surface area (TPSA) is 58.6 Å². The lowest BCUT2D eigenvalue weighted by Gasteiger charge is -2.38. The summed E-state index contributed by atoms with van der Waals surface area (Å²) >= 11 is 0. The largest absolute Gasteiger partial charge is 0.359 e. The molecule has 2 aliphatic carbocycles. The maximum atomic E-state index is 14.1. The highest BCUT2D eigenvalue weighted by molar-refractivity contribution is 5.97. The number of rotatable bonds is 4. The Kier molecular flexibility index (Phi) is 4.94. The molecule has 4 fully saturated rings. The number of fused-ring (bicyclic) bond motifs is 1. The van der Waals surface area contributed by atoms with Crippen LogP contribution < -0.4 is 5.32 Å². The van der Waals surface area contributed by atoms with Gasteiger partial charge in [0.1, 0.15) is 11.6 Å². The summed E-state index contributed by atoms with van der Waals surface area (Å²) < 4.78 is 6.64. The second-order valence-corrected chi connectivity index (χ2v) is 10.6. The Morgan fingerprint density at radius 3 is 2.44 bits per heavy atom. The van der Waals surface area contributed by atoms with Crippen molar-refractivity contribution >= 4 is 11.8 Å². The van der Waals surface area contributed by atoms with Gasteiger partial charge >= 0.3 is 0 Å². The van der Waals surface area contributed by atoms with Crippen molar-refractivity contribution in [3.63, 3.8) is 0 Å². The molecule has 3 aliphatic heterocycles. The van der Waals surface area contributed by atoms with Crippen LogP contribution in [0, 0.1) is 12.8 Å². The molecule has 170 valence electrons. The molecule has 2 saturated carbocycles. The average molecular weight is 435 g/mol. The number of nitrogens with zero attached hydrogens (tertiary/aromatic N) is 1. The van der Waals surface area contributed by atoms with Gasteiger partial charge < -0.3 is 15.0 Å². The van der Waals surface area contributed by atoms with Crippen molar-refractivity contribution in [1.29, 1.82) is 0 Å². The molecule has 5 heteroatoms. The zero-order valence-electron chi connectivity index (χ0n) is 19.0. The maximum absolute atomic E-state index is 14.1. The highest BCUT2D eigenvalue weighted by Gasteiger charge is 2.72. The predicted octanol–water partition coefficient (Wildman–Crippen LogP) is 4.00. The molecule has 1 N–H and O–H groups in total. The highest BCUT2D eigenvalue weighted by Crippen LogP contribution is 2.59. The fraction of sp³-hybridized carbons (Fsp3) is 0.630. The molecular formula is C27H34N2O3. The van der Waals surface area contributed by atoms with Gasteiger partial charge in [-0.3, -0.25) is 9.59 Å². The summed E-state index contributed by atoms with van der Waals surface area (Å²) in [4.78, 5) is 29.9. The number of likely N-dealkylation sites (tertiary alicyclic amines) is 1. The van der Waals surface area contributed by atoms with E-state index in [0.717, 1.165) is 44.1 Å². The molecule has 6 rings (SSSR count). The van der Waals surface area contributed by atoms with E-state index in [9.17, 15) is 9.59 Å². The molecular weight excluding hydrogens is 400 g/mol. The first-order valence-electron chi connectivity index (χ1n) is 12.6. The van der Waals surface area contributed by atoms with Gasteiger partial charge in [-0.15, -0.1) is 0 Å². The third-order valence-electron chi connectivity index (χ3n) is 8.69. The molecule has 2 saturated heterocycles. The number of carbonyl (C=O) groups is 2. The van der Waals surface area contributed by atoms with Crippen molar-refractivity contribution in [3.8, 4) is 0 Å². The fourth-order valence-corrected chi connectivity index (χ4v) is 7.18. The molecule has 32 heavy (non-hydrogen) atoms. The third-order valence-corrected chi connectivity index (χ3v) is 8.69. The Labute approximate surface area is 190 Å². The van der Waals surface area contributed by atoms with Crippen LogP contribution in [0.1, 0.15) is 74.8 Å². The third kappa shape index (κ3) is 3.00. The molecule has 5 aliphatic rings. The average Bonchev–Trinajstić information content (AvgIpc) is 3.57. The van der Waals surface area contributed by atoms with Crippen LogP contribution in [0.4, 0.5) is 0 Å². The Bertz CT molecular complexity index is 929. The number of carbonyl (C=O) groups excluding carboxylic acids is 2. The molecule has 3 heterocycles. The molecule has 0 radical (unpaired) electrons. The molecule has 2 amide bonds. The number of nitrogens with one attached hydrogen (secondary N) is 1. The molecule has 1 aromatic rings. The van der Waals surface area contributed by atoms with E-state index in [1.54, 1.807) is 0 Å². The number of ether oxygens (including phenoxy) is 1. The van der Waals surface area contributed by atoms with Crippen molar-refractivity contribution in [2.24, 2.45) is 5.92 Å². The van der Waals surface area contributed by atoms with E-state index < -0.39 is 11.6 Å². The summed E-state index contributed by atoms with van der Waals surface area (Å²) in [7, 11) is 0. The molecule has 1 aromatic carbocycles. The van der Waals surface area contributed by atoms with Gasteiger partial charge in [-0.05, 0) is 38.2 Å². The van der Waals surface area contributed by atoms with Gasteiger partial charge in [0.05, 0.1) is 12.0 Å². The number of benzene rings is 1. The van der Waals surface area contributed by atoms with Gasteiger partial charge in [0, 0.05) is 18.0 Å². The minimum Gasteiger partial charge on any atom is -0.359 e. The number of amides is 2. The zero-order chi connectivity index (χ0) is 21.9. The Hall–Kier alpha value is -2.14. The summed E-state index contributed by atoms with van der Waals surface area (Å²) in [5.74, 6) is -0.223. The summed E-state index contributed by atoms with van der Waals surface area (Å²) in [6.07, 6.45) is 13.9. The Morgan fingerprint density at radius 2 is 1.72 bits per heavy atom. The van der Waals surface area contributed by atoms with Crippen LogP contribution in [0.3, 0.4) is 0 Å². The van der Waals surface area contributed by atoms with Crippen LogP contribution in [0.25, 0.3) is 0 Å². The van der Waals surface area contributed by atoms with E-state index in [1.165, 1.54) is 24.8 Å². The van der Waals surface area contributed by atoms with Crippen molar-refractivity contribution in [1.82, 2.24) is 10.2 Å². The van der Waals surface area contributed by atoms with Gasteiger partial charge in [-0.1, -0.05) is 74.1 Å². The van der Waals surface area contributed by atoms with Crippen molar-refractivity contribution < 1.29 is 14.3 Å². The quantitative estimate of drug-likeness (QED) is 0.729. The van der Waals surface area contributed by atoms with E-state index in [4.69, 9.17) is 4.74 Å². The predicted molar refractivity (Wildman–Crippen MR) is 122 cm³/mol.